The molecule has 0 aromatic heterocycles. The van der Waals surface area contributed by atoms with E-state index in [-0.39, 0.29) is 17.7 Å². The van der Waals surface area contributed by atoms with Gasteiger partial charge in [0, 0.05) is 25.1 Å². The lowest BCUT2D eigenvalue weighted by atomic mass is 9.94. The Morgan fingerprint density at radius 1 is 1.57 bits per heavy atom. The molecular weight excluding hydrogens is 275 g/mol. The van der Waals surface area contributed by atoms with Gasteiger partial charge in [-0.25, -0.2) is 9.18 Å². The van der Waals surface area contributed by atoms with E-state index >= 15 is 0 Å². The van der Waals surface area contributed by atoms with Crippen LogP contribution in [-0.4, -0.2) is 42.3 Å². The summed E-state index contributed by atoms with van der Waals surface area (Å²) in [4.78, 5) is 13.9. The van der Waals surface area contributed by atoms with Crippen LogP contribution in [0.15, 0.2) is 18.2 Å². The van der Waals surface area contributed by atoms with Gasteiger partial charge in [-0.2, -0.15) is 0 Å². The molecule has 21 heavy (non-hydrogen) atoms. The van der Waals surface area contributed by atoms with Crippen LogP contribution < -0.4 is 10.1 Å². The fourth-order valence-corrected chi connectivity index (χ4v) is 2.55. The van der Waals surface area contributed by atoms with Gasteiger partial charge in [-0.15, -0.1) is 0 Å². The third-order valence-electron chi connectivity index (χ3n) is 3.83. The number of carbonyl (C=O) groups excluding carboxylic acids is 1. The van der Waals surface area contributed by atoms with Crippen LogP contribution in [0.1, 0.15) is 19.8 Å². The Bertz CT molecular complexity index is 508. The second-order valence-corrected chi connectivity index (χ2v) is 5.36. The molecule has 1 heterocycles. The molecule has 0 bridgehead atoms. The van der Waals surface area contributed by atoms with E-state index in [1.807, 2.05) is 0 Å². The maximum Gasteiger partial charge on any atom is 0.321 e. The van der Waals surface area contributed by atoms with Gasteiger partial charge in [-0.3, -0.25) is 0 Å². The van der Waals surface area contributed by atoms with Crippen molar-refractivity contribution in [3.8, 4) is 5.75 Å². The number of hydrogen-bond acceptors (Lipinski definition) is 3. The largest absolute Gasteiger partial charge is 0.494 e. The number of carbonyl (C=O) groups is 1. The Kier molecular flexibility index (Phi) is 5.01. The van der Waals surface area contributed by atoms with E-state index in [9.17, 15) is 14.3 Å². The highest BCUT2D eigenvalue weighted by Gasteiger charge is 2.26. The first kappa shape index (κ1) is 15.6. The van der Waals surface area contributed by atoms with E-state index in [2.05, 4.69) is 5.32 Å². The molecule has 2 amide bonds. The number of likely N-dealkylation sites (tertiary alicyclic amines) is 1. The lowest BCUT2D eigenvalue weighted by Gasteiger charge is -2.34. The van der Waals surface area contributed by atoms with Crippen molar-refractivity contribution < 1.29 is 19.0 Å². The molecule has 1 aliphatic rings. The number of urea groups is 1. The number of ether oxygens (including phenoxy) is 1. The lowest BCUT2D eigenvalue weighted by Crippen LogP contribution is -2.44. The molecule has 0 saturated carbocycles. The molecule has 0 aliphatic carbocycles. The number of nitrogens with one attached hydrogen (secondary N) is 1. The summed E-state index contributed by atoms with van der Waals surface area (Å²) in [6.07, 6.45) is 1.35. The zero-order valence-electron chi connectivity index (χ0n) is 12.3. The molecule has 1 fully saturated rings. The summed E-state index contributed by atoms with van der Waals surface area (Å²) < 4.78 is 18.2. The molecule has 5 nitrogen and oxygen atoms in total. The Hall–Kier alpha value is -1.82. The van der Waals surface area contributed by atoms with Crippen molar-refractivity contribution in [2.24, 2.45) is 5.92 Å². The smallest absolute Gasteiger partial charge is 0.321 e. The monoisotopic (exact) mass is 296 g/mol. The fraction of sp³-hybridized carbons (Fsp3) is 0.533. The van der Waals surface area contributed by atoms with Crippen LogP contribution in [0.3, 0.4) is 0 Å². The van der Waals surface area contributed by atoms with Crippen LogP contribution in [0, 0.1) is 11.7 Å². The topological polar surface area (TPSA) is 61.8 Å². The highest BCUT2D eigenvalue weighted by atomic mass is 19.1. The molecule has 1 saturated heterocycles. The van der Waals surface area contributed by atoms with Gasteiger partial charge in [-0.05, 0) is 31.9 Å². The summed E-state index contributed by atoms with van der Waals surface area (Å²) in [7, 11) is 1.43. The second-order valence-electron chi connectivity index (χ2n) is 5.36. The number of benzene rings is 1. The van der Waals surface area contributed by atoms with Gasteiger partial charge in [0.15, 0.2) is 0 Å². The predicted molar refractivity (Wildman–Crippen MR) is 77.9 cm³/mol. The second kappa shape index (κ2) is 6.76. The Labute approximate surface area is 123 Å². The number of piperidine rings is 1. The van der Waals surface area contributed by atoms with E-state index in [0.29, 0.717) is 18.8 Å². The van der Waals surface area contributed by atoms with Crippen molar-refractivity contribution in [2.75, 3.05) is 25.5 Å². The van der Waals surface area contributed by atoms with Gasteiger partial charge in [0.25, 0.3) is 0 Å². The highest BCUT2D eigenvalue weighted by molar-refractivity contribution is 5.91. The lowest BCUT2D eigenvalue weighted by molar-refractivity contribution is 0.0766. The molecule has 2 atom stereocenters. The van der Waals surface area contributed by atoms with Gasteiger partial charge in [0.1, 0.15) is 11.6 Å². The number of amides is 2. The van der Waals surface area contributed by atoms with Gasteiger partial charge in [-0.1, -0.05) is 0 Å². The number of methoxy groups -OCH3 is 1. The average molecular weight is 296 g/mol. The number of aliphatic hydroxyl groups excluding tert-OH is 1. The van der Waals surface area contributed by atoms with Crippen LogP contribution >= 0.6 is 0 Å². The van der Waals surface area contributed by atoms with Crippen LogP contribution in [-0.2, 0) is 0 Å². The molecule has 2 rings (SSSR count). The Morgan fingerprint density at radius 3 is 3.00 bits per heavy atom. The number of hydrogen-bond donors (Lipinski definition) is 2. The maximum atomic E-state index is 13.1. The first-order chi connectivity index (χ1) is 10.0. The van der Waals surface area contributed by atoms with Gasteiger partial charge in [0.2, 0.25) is 0 Å². The predicted octanol–water partition coefficient (Wildman–Crippen LogP) is 2.46. The molecule has 116 valence electrons. The number of rotatable bonds is 3. The van der Waals surface area contributed by atoms with Crippen molar-refractivity contribution in [1.29, 1.82) is 0 Å². The Morgan fingerprint density at radius 2 is 2.33 bits per heavy atom. The molecule has 1 aliphatic heterocycles. The number of halogens is 1. The van der Waals surface area contributed by atoms with Crippen LogP contribution in [0.5, 0.6) is 5.75 Å². The van der Waals surface area contributed by atoms with Crippen LogP contribution in [0.25, 0.3) is 0 Å². The first-order valence-electron chi connectivity index (χ1n) is 7.08. The number of aliphatic hydroxyl groups is 1. The first-order valence-corrected chi connectivity index (χ1v) is 7.08. The molecule has 1 aromatic carbocycles. The molecule has 6 heteroatoms. The summed E-state index contributed by atoms with van der Waals surface area (Å²) in [5, 5.41) is 12.4. The molecular formula is C15H21FN2O3. The third-order valence-corrected chi connectivity index (χ3v) is 3.83. The summed E-state index contributed by atoms with van der Waals surface area (Å²) in [6, 6.07) is 3.71. The van der Waals surface area contributed by atoms with Gasteiger partial charge >= 0.3 is 6.03 Å². The molecule has 1 aromatic rings. The average Bonchev–Trinajstić information content (AvgIpc) is 2.49. The number of anilines is 1. The standard InChI is InChI=1S/C15H21FN2O3/c1-10(19)11-4-3-7-18(9-11)15(20)17-13-6-5-12(16)8-14(13)21-2/h5-6,8,10-11,19H,3-4,7,9H2,1-2H3,(H,17,20). The van der Waals surface area contributed by atoms with Crippen LogP contribution in [0.4, 0.5) is 14.9 Å². The minimum Gasteiger partial charge on any atom is -0.494 e. The zero-order valence-corrected chi connectivity index (χ0v) is 12.3. The molecule has 0 radical (unpaired) electrons. The normalized spacial score (nSPS) is 20.0. The summed E-state index contributed by atoms with van der Waals surface area (Å²) >= 11 is 0. The number of nitrogens with zero attached hydrogens (tertiary/aromatic N) is 1. The molecule has 0 spiro atoms. The van der Waals surface area contributed by atoms with Gasteiger partial charge < -0.3 is 20.1 Å². The van der Waals surface area contributed by atoms with Crippen molar-refractivity contribution in [3.63, 3.8) is 0 Å². The minimum atomic E-state index is -0.430. The van der Waals surface area contributed by atoms with E-state index in [0.717, 1.165) is 12.8 Å². The summed E-state index contributed by atoms with van der Waals surface area (Å²) in [6.45, 7) is 2.92. The summed E-state index contributed by atoms with van der Waals surface area (Å²) in [5.74, 6) is -0.0379. The van der Waals surface area contributed by atoms with Gasteiger partial charge in [0.05, 0.1) is 18.9 Å². The van der Waals surface area contributed by atoms with Crippen LogP contribution in [0.2, 0.25) is 0 Å². The fourth-order valence-electron chi connectivity index (χ4n) is 2.55. The van der Waals surface area contributed by atoms with E-state index in [4.69, 9.17) is 4.74 Å². The van der Waals surface area contributed by atoms with E-state index in [1.165, 1.54) is 25.3 Å². The summed E-state index contributed by atoms with van der Waals surface area (Å²) in [5.41, 5.74) is 0.433. The SMILES string of the molecule is COc1cc(F)ccc1NC(=O)N1CCCC(C(C)O)C1. The Balaban J connectivity index is 2.04. The molecule has 2 N–H and O–H groups in total. The van der Waals surface area contributed by atoms with Crippen molar-refractivity contribution in [3.05, 3.63) is 24.0 Å². The quantitative estimate of drug-likeness (QED) is 0.900. The minimum absolute atomic E-state index is 0.0969. The highest BCUT2D eigenvalue weighted by Crippen LogP contribution is 2.26. The van der Waals surface area contributed by atoms with E-state index in [1.54, 1.807) is 11.8 Å². The zero-order chi connectivity index (χ0) is 15.4. The van der Waals surface area contributed by atoms with Crippen molar-refractivity contribution >= 4 is 11.7 Å². The van der Waals surface area contributed by atoms with E-state index < -0.39 is 11.9 Å². The third kappa shape index (κ3) is 3.85. The van der Waals surface area contributed by atoms with Crippen molar-refractivity contribution in [1.82, 2.24) is 4.90 Å². The van der Waals surface area contributed by atoms with Crippen molar-refractivity contribution in [2.45, 2.75) is 25.9 Å². The molecule has 2 unspecified atom stereocenters. The maximum absolute atomic E-state index is 13.1.